The number of halogens is 1. The summed E-state index contributed by atoms with van der Waals surface area (Å²) in [6.07, 6.45) is 4.29. The molecule has 0 N–H and O–H groups in total. The van der Waals surface area contributed by atoms with E-state index in [1.807, 2.05) is 44.2 Å². The van der Waals surface area contributed by atoms with E-state index in [0.29, 0.717) is 23.7 Å². The van der Waals surface area contributed by atoms with Gasteiger partial charge in [-0.25, -0.2) is 0 Å². The second kappa shape index (κ2) is 6.29. The Hall–Kier alpha value is -1.54. The van der Waals surface area contributed by atoms with Crippen molar-refractivity contribution in [3.8, 4) is 5.75 Å². The topological polar surface area (TPSA) is 26.3 Å². The molecule has 0 amide bonds. The second-order valence-corrected chi connectivity index (χ2v) is 6.92. The number of allylic oxidation sites excluding steroid dienone is 4. The lowest BCUT2D eigenvalue weighted by Crippen LogP contribution is -2.28. The average molecular weight is 319 g/mol. The Morgan fingerprint density at radius 1 is 1.27 bits per heavy atom. The van der Waals surface area contributed by atoms with Gasteiger partial charge in [-0.1, -0.05) is 39.0 Å². The summed E-state index contributed by atoms with van der Waals surface area (Å²) >= 11 is 6.66. The molecule has 0 saturated heterocycles. The average Bonchev–Trinajstić information content (AvgIpc) is 2.49. The summed E-state index contributed by atoms with van der Waals surface area (Å²) in [5.74, 6) is 1.73. The standard InChI is InChI=1S/C19H23ClO2/c1-6-14-8-7-13(4)22-17-11-15(12(2)3)9-10-16(17)19(5,20)18(14)21/h7-12H,6H2,1-5H3/b13-7-,14-8+. The number of benzene rings is 1. The van der Waals surface area contributed by atoms with Gasteiger partial charge in [-0.15, -0.1) is 11.6 Å². The Labute approximate surface area is 137 Å². The summed E-state index contributed by atoms with van der Waals surface area (Å²) in [5.41, 5.74) is 2.59. The monoisotopic (exact) mass is 318 g/mol. The number of alkyl halides is 1. The molecule has 2 nitrogen and oxygen atoms in total. The van der Waals surface area contributed by atoms with Gasteiger partial charge >= 0.3 is 0 Å². The van der Waals surface area contributed by atoms with Gasteiger partial charge in [0, 0.05) is 5.56 Å². The molecule has 2 rings (SSSR count). The molecule has 22 heavy (non-hydrogen) atoms. The minimum Gasteiger partial charge on any atom is -0.462 e. The zero-order chi connectivity index (χ0) is 16.5. The van der Waals surface area contributed by atoms with Crippen LogP contribution in [0.15, 0.2) is 41.7 Å². The van der Waals surface area contributed by atoms with E-state index in [9.17, 15) is 4.79 Å². The highest BCUT2D eigenvalue weighted by molar-refractivity contribution is 6.37. The normalized spacial score (nSPS) is 26.8. The highest BCUT2D eigenvalue weighted by Crippen LogP contribution is 2.41. The van der Waals surface area contributed by atoms with Crippen LogP contribution < -0.4 is 4.74 Å². The molecule has 1 heterocycles. The van der Waals surface area contributed by atoms with Crippen LogP contribution >= 0.6 is 11.6 Å². The molecule has 3 heteroatoms. The number of carbonyl (C=O) groups is 1. The highest BCUT2D eigenvalue weighted by atomic mass is 35.5. The van der Waals surface area contributed by atoms with E-state index in [2.05, 4.69) is 13.8 Å². The first-order chi connectivity index (χ1) is 10.3. The maximum atomic E-state index is 12.8. The minimum absolute atomic E-state index is 0.0650. The van der Waals surface area contributed by atoms with Crippen molar-refractivity contribution in [3.63, 3.8) is 0 Å². The molecule has 0 bridgehead atoms. The van der Waals surface area contributed by atoms with Gasteiger partial charge in [-0.2, -0.15) is 0 Å². The van der Waals surface area contributed by atoms with Crippen LogP contribution in [0.1, 0.15) is 58.1 Å². The number of hydrogen-bond acceptors (Lipinski definition) is 2. The van der Waals surface area contributed by atoms with Crippen molar-refractivity contribution in [1.82, 2.24) is 0 Å². The summed E-state index contributed by atoms with van der Waals surface area (Å²) in [4.78, 5) is 11.7. The number of ketones is 1. The van der Waals surface area contributed by atoms with Crippen LogP contribution in [0.4, 0.5) is 0 Å². The Bertz CT molecular complexity index is 651. The largest absolute Gasteiger partial charge is 0.462 e. The van der Waals surface area contributed by atoms with Crippen molar-refractivity contribution in [2.24, 2.45) is 0 Å². The summed E-state index contributed by atoms with van der Waals surface area (Å²) in [6, 6.07) is 5.93. The first-order valence-electron chi connectivity index (χ1n) is 7.70. The lowest BCUT2D eigenvalue weighted by Gasteiger charge is -2.25. The number of ether oxygens (including phenoxy) is 1. The molecule has 0 radical (unpaired) electrons. The molecule has 0 saturated carbocycles. The predicted molar refractivity (Wildman–Crippen MR) is 91.5 cm³/mol. The third-order valence-electron chi connectivity index (χ3n) is 4.07. The van der Waals surface area contributed by atoms with Crippen LogP contribution in [0, 0.1) is 0 Å². The maximum Gasteiger partial charge on any atom is 0.184 e. The molecule has 1 aliphatic rings. The van der Waals surface area contributed by atoms with Gasteiger partial charge in [-0.3, -0.25) is 4.79 Å². The van der Waals surface area contributed by atoms with Gasteiger partial charge in [-0.05, 0) is 49.5 Å². The summed E-state index contributed by atoms with van der Waals surface area (Å²) < 4.78 is 5.96. The molecule has 0 spiro atoms. The smallest absolute Gasteiger partial charge is 0.184 e. The van der Waals surface area contributed by atoms with Gasteiger partial charge in [0.2, 0.25) is 0 Å². The van der Waals surface area contributed by atoms with Crippen LogP contribution in [0.5, 0.6) is 5.75 Å². The highest BCUT2D eigenvalue weighted by Gasteiger charge is 2.37. The van der Waals surface area contributed by atoms with Crippen LogP contribution in [0.25, 0.3) is 0 Å². The fourth-order valence-corrected chi connectivity index (χ4v) is 2.85. The van der Waals surface area contributed by atoms with Crippen LogP contribution in [-0.4, -0.2) is 5.78 Å². The number of carbonyl (C=O) groups excluding carboxylic acids is 1. The number of rotatable bonds is 2. The van der Waals surface area contributed by atoms with Crippen molar-refractivity contribution in [2.75, 3.05) is 0 Å². The van der Waals surface area contributed by atoms with Gasteiger partial charge in [0.05, 0.1) is 0 Å². The molecular weight excluding hydrogens is 296 g/mol. The lowest BCUT2D eigenvalue weighted by molar-refractivity contribution is -0.118. The molecule has 1 aromatic rings. The zero-order valence-electron chi connectivity index (χ0n) is 13.9. The minimum atomic E-state index is -1.12. The van der Waals surface area contributed by atoms with Crippen molar-refractivity contribution >= 4 is 17.4 Å². The van der Waals surface area contributed by atoms with Gasteiger partial charge in [0.15, 0.2) is 5.78 Å². The third kappa shape index (κ3) is 3.12. The molecule has 0 aliphatic carbocycles. The molecular formula is C19H23ClO2. The van der Waals surface area contributed by atoms with E-state index in [1.165, 1.54) is 0 Å². The molecule has 118 valence electrons. The van der Waals surface area contributed by atoms with E-state index in [0.717, 1.165) is 16.9 Å². The number of Topliss-reactive ketones (excluding diaryl/α,β-unsaturated/α-hetero) is 1. The van der Waals surface area contributed by atoms with Crippen LogP contribution in [0.3, 0.4) is 0 Å². The number of hydrogen-bond donors (Lipinski definition) is 0. The molecule has 0 aromatic heterocycles. The molecule has 0 fully saturated rings. The van der Waals surface area contributed by atoms with Crippen molar-refractivity contribution in [3.05, 3.63) is 52.8 Å². The fraction of sp³-hybridized carbons (Fsp3) is 0.421. The SMILES string of the molecule is CC/C1=C\C=C(\C)Oc2cc(C(C)C)ccc2C(C)(Cl)C1=O. The Balaban J connectivity index is 2.66. The second-order valence-electron chi connectivity index (χ2n) is 6.17. The summed E-state index contributed by atoms with van der Waals surface area (Å²) in [6.45, 7) is 9.85. The predicted octanol–water partition coefficient (Wildman–Crippen LogP) is 5.47. The van der Waals surface area contributed by atoms with Crippen molar-refractivity contribution in [2.45, 2.75) is 51.8 Å². The summed E-state index contributed by atoms with van der Waals surface area (Å²) in [5, 5.41) is 0. The molecule has 1 aromatic carbocycles. The Kier molecular flexibility index (Phi) is 4.81. The van der Waals surface area contributed by atoms with Crippen LogP contribution in [-0.2, 0) is 9.67 Å². The van der Waals surface area contributed by atoms with E-state index in [-0.39, 0.29) is 5.78 Å². The van der Waals surface area contributed by atoms with E-state index in [4.69, 9.17) is 16.3 Å². The Morgan fingerprint density at radius 3 is 2.55 bits per heavy atom. The quantitative estimate of drug-likeness (QED) is 0.676. The first kappa shape index (κ1) is 16.8. The van der Waals surface area contributed by atoms with E-state index in [1.54, 1.807) is 6.92 Å². The third-order valence-corrected chi connectivity index (χ3v) is 4.44. The maximum absolute atomic E-state index is 12.8. The zero-order valence-corrected chi connectivity index (χ0v) is 14.6. The van der Waals surface area contributed by atoms with Crippen molar-refractivity contribution < 1.29 is 9.53 Å². The van der Waals surface area contributed by atoms with Crippen molar-refractivity contribution in [1.29, 1.82) is 0 Å². The Morgan fingerprint density at radius 2 is 1.95 bits per heavy atom. The lowest BCUT2D eigenvalue weighted by atomic mass is 9.88. The molecule has 1 aliphatic heterocycles. The number of fused-ring (bicyclic) bond motifs is 1. The van der Waals surface area contributed by atoms with Gasteiger partial charge in [0.1, 0.15) is 16.4 Å². The molecule has 1 unspecified atom stereocenters. The van der Waals surface area contributed by atoms with E-state index < -0.39 is 4.87 Å². The summed E-state index contributed by atoms with van der Waals surface area (Å²) in [7, 11) is 0. The van der Waals surface area contributed by atoms with Gasteiger partial charge in [0.25, 0.3) is 0 Å². The first-order valence-corrected chi connectivity index (χ1v) is 8.08. The van der Waals surface area contributed by atoms with Crippen LogP contribution in [0.2, 0.25) is 0 Å². The fourth-order valence-electron chi connectivity index (χ4n) is 2.57. The van der Waals surface area contributed by atoms with E-state index >= 15 is 0 Å². The van der Waals surface area contributed by atoms with Gasteiger partial charge < -0.3 is 4.74 Å². The molecule has 1 atom stereocenters.